The summed E-state index contributed by atoms with van der Waals surface area (Å²) in [6, 6.07) is 1.78. The number of nitrogens with zero attached hydrogens (tertiary/aromatic N) is 3. The molecule has 5 nitrogen and oxygen atoms in total. The molecule has 1 aromatic rings. The fraction of sp³-hybridized carbons (Fsp3) is 0.583. The van der Waals surface area contributed by atoms with E-state index < -0.39 is 5.60 Å². The lowest BCUT2D eigenvalue weighted by Gasteiger charge is -2.35. The second kappa shape index (κ2) is 4.78. The van der Waals surface area contributed by atoms with Crippen LogP contribution in [0.5, 0.6) is 0 Å². The standard InChI is InChI=1S/C12H18N4OS/c1-8-7-9(10(13)18)15-11(14-8)16-5-3-12(2,17)4-6-16/h7,17H,3-6H2,1-2H3,(H2,13,18). The highest BCUT2D eigenvalue weighted by Gasteiger charge is 2.28. The third-order valence-corrected chi connectivity index (χ3v) is 3.43. The maximum atomic E-state index is 9.93. The van der Waals surface area contributed by atoms with E-state index in [2.05, 4.69) is 14.9 Å². The molecule has 1 aliphatic heterocycles. The predicted octanol–water partition coefficient (Wildman–Crippen LogP) is 0.770. The van der Waals surface area contributed by atoms with Gasteiger partial charge in [-0.15, -0.1) is 0 Å². The molecule has 1 aromatic heterocycles. The molecular formula is C12H18N4OS. The fourth-order valence-corrected chi connectivity index (χ4v) is 2.11. The van der Waals surface area contributed by atoms with Gasteiger partial charge in [-0.05, 0) is 32.8 Å². The number of thiocarbonyl (C=S) groups is 1. The Balaban J connectivity index is 2.21. The molecule has 98 valence electrons. The first-order valence-electron chi connectivity index (χ1n) is 6.00. The van der Waals surface area contributed by atoms with E-state index in [1.165, 1.54) is 0 Å². The molecule has 0 radical (unpaired) electrons. The van der Waals surface area contributed by atoms with Gasteiger partial charge in [0.05, 0.1) is 5.60 Å². The predicted molar refractivity (Wildman–Crippen MR) is 74.7 cm³/mol. The van der Waals surface area contributed by atoms with Crippen LogP contribution in [0.25, 0.3) is 0 Å². The number of rotatable bonds is 2. The van der Waals surface area contributed by atoms with Gasteiger partial charge in [-0.1, -0.05) is 12.2 Å². The number of aliphatic hydroxyl groups is 1. The molecule has 2 rings (SSSR count). The van der Waals surface area contributed by atoms with Crippen molar-refractivity contribution in [3.8, 4) is 0 Å². The summed E-state index contributed by atoms with van der Waals surface area (Å²) >= 11 is 4.95. The second-order valence-electron chi connectivity index (χ2n) is 5.04. The van der Waals surface area contributed by atoms with Crippen LogP contribution >= 0.6 is 12.2 Å². The Labute approximate surface area is 112 Å². The van der Waals surface area contributed by atoms with Gasteiger partial charge in [-0.2, -0.15) is 0 Å². The monoisotopic (exact) mass is 266 g/mol. The van der Waals surface area contributed by atoms with Gasteiger partial charge in [0, 0.05) is 18.8 Å². The molecule has 0 saturated carbocycles. The number of hydrogen-bond acceptors (Lipinski definition) is 5. The van der Waals surface area contributed by atoms with Crippen LogP contribution in [-0.4, -0.2) is 38.8 Å². The number of anilines is 1. The van der Waals surface area contributed by atoms with Crippen molar-refractivity contribution >= 4 is 23.2 Å². The molecule has 1 aliphatic rings. The van der Waals surface area contributed by atoms with Gasteiger partial charge in [0.1, 0.15) is 10.7 Å². The van der Waals surface area contributed by atoms with E-state index in [-0.39, 0.29) is 4.99 Å². The average Bonchev–Trinajstić information content (AvgIpc) is 2.28. The van der Waals surface area contributed by atoms with Gasteiger partial charge in [-0.3, -0.25) is 0 Å². The van der Waals surface area contributed by atoms with Crippen molar-refractivity contribution in [2.75, 3.05) is 18.0 Å². The first kappa shape index (κ1) is 13.2. The molecule has 2 heterocycles. The summed E-state index contributed by atoms with van der Waals surface area (Å²) in [5.74, 6) is 0.647. The fourth-order valence-electron chi connectivity index (χ4n) is 2.01. The summed E-state index contributed by atoms with van der Waals surface area (Å²) < 4.78 is 0. The summed E-state index contributed by atoms with van der Waals surface area (Å²) in [6.07, 6.45) is 1.43. The largest absolute Gasteiger partial charge is 0.390 e. The minimum Gasteiger partial charge on any atom is -0.390 e. The molecule has 1 saturated heterocycles. The number of piperidine rings is 1. The maximum Gasteiger partial charge on any atom is 0.226 e. The molecule has 6 heteroatoms. The summed E-state index contributed by atoms with van der Waals surface area (Å²) in [4.78, 5) is 11.1. The highest BCUT2D eigenvalue weighted by molar-refractivity contribution is 7.80. The third-order valence-electron chi connectivity index (χ3n) is 3.22. The lowest BCUT2D eigenvalue weighted by atomic mass is 9.94. The van der Waals surface area contributed by atoms with Crippen LogP contribution in [0.3, 0.4) is 0 Å². The Kier molecular flexibility index (Phi) is 3.49. The van der Waals surface area contributed by atoms with Gasteiger partial charge in [0.15, 0.2) is 0 Å². The topological polar surface area (TPSA) is 75.3 Å². The first-order valence-corrected chi connectivity index (χ1v) is 6.41. The minimum absolute atomic E-state index is 0.283. The van der Waals surface area contributed by atoms with E-state index in [1.54, 1.807) is 6.07 Å². The van der Waals surface area contributed by atoms with Gasteiger partial charge >= 0.3 is 0 Å². The van der Waals surface area contributed by atoms with Crippen molar-refractivity contribution in [3.05, 3.63) is 17.5 Å². The van der Waals surface area contributed by atoms with Crippen molar-refractivity contribution < 1.29 is 5.11 Å². The van der Waals surface area contributed by atoms with E-state index in [4.69, 9.17) is 18.0 Å². The molecule has 0 spiro atoms. The quantitative estimate of drug-likeness (QED) is 0.770. The van der Waals surface area contributed by atoms with Crippen molar-refractivity contribution in [2.45, 2.75) is 32.3 Å². The van der Waals surface area contributed by atoms with E-state index in [0.717, 1.165) is 18.8 Å². The second-order valence-corrected chi connectivity index (χ2v) is 5.48. The molecule has 0 bridgehead atoms. The van der Waals surface area contributed by atoms with Crippen LogP contribution in [-0.2, 0) is 0 Å². The molecule has 18 heavy (non-hydrogen) atoms. The van der Waals surface area contributed by atoms with Crippen LogP contribution in [0.15, 0.2) is 6.07 Å². The van der Waals surface area contributed by atoms with E-state index in [9.17, 15) is 5.11 Å². The highest BCUT2D eigenvalue weighted by atomic mass is 32.1. The lowest BCUT2D eigenvalue weighted by molar-refractivity contribution is 0.0349. The Hall–Kier alpha value is -1.27. The molecule has 1 fully saturated rings. The maximum absolute atomic E-state index is 9.93. The normalized spacial score (nSPS) is 18.7. The highest BCUT2D eigenvalue weighted by Crippen LogP contribution is 2.24. The van der Waals surface area contributed by atoms with Crippen molar-refractivity contribution in [1.82, 2.24) is 9.97 Å². The molecule has 3 N–H and O–H groups in total. The zero-order chi connectivity index (χ0) is 13.3. The zero-order valence-electron chi connectivity index (χ0n) is 10.7. The van der Waals surface area contributed by atoms with E-state index in [0.29, 0.717) is 24.5 Å². The van der Waals surface area contributed by atoms with E-state index in [1.807, 2.05) is 13.8 Å². The third kappa shape index (κ3) is 2.94. The Morgan fingerprint density at radius 2 is 2.06 bits per heavy atom. The van der Waals surface area contributed by atoms with Crippen molar-refractivity contribution in [2.24, 2.45) is 5.73 Å². The number of hydrogen-bond donors (Lipinski definition) is 2. The minimum atomic E-state index is -0.577. The SMILES string of the molecule is Cc1cc(C(N)=S)nc(N2CCC(C)(O)CC2)n1. The Bertz CT molecular complexity index is 465. The van der Waals surface area contributed by atoms with Crippen LogP contribution in [0, 0.1) is 6.92 Å². The first-order chi connectivity index (χ1) is 8.37. The van der Waals surface area contributed by atoms with Crippen molar-refractivity contribution in [3.63, 3.8) is 0 Å². The number of aryl methyl sites for hydroxylation is 1. The summed E-state index contributed by atoms with van der Waals surface area (Å²) in [5.41, 5.74) is 6.48. The number of nitrogens with two attached hydrogens (primary N) is 1. The van der Waals surface area contributed by atoms with Gasteiger partial charge in [0.25, 0.3) is 0 Å². The van der Waals surface area contributed by atoms with E-state index >= 15 is 0 Å². The summed E-state index contributed by atoms with van der Waals surface area (Å²) in [7, 11) is 0. The van der Waals surface area contributed by atoms with Gasteiger partial charge < -0.3 is 15.7 Å². The van der Waals surface area contributed by atoms with Gasteiger partial charge in [-0.25, -0.2) is 9.97 Å². The van der Waals surface area contributed by atoms with Crippen LogP contribution in [0.4, 0.5) is 5.95 Å². The van der Waals surface area contributed by atoms with Crippen molar-refractivity contribution in [1.29, 1.82) is 0 Å². The zero-order valence-corrected chi connectivity index (χ0v) is 11.5. The molecule has 0 atom stereocenters. The molecule has 0 aliphatic carbocycles. The Morgan fingerprint density at radius 1 is 1.44 bits per heavy atom. The number of aromatic nitrogens is 2. The molecule has 0 amide bonds. The lowest BCUT2D eigenvalue weighted by Crippen LogP contribution is -2.43. The smallest absolute Gasteiger partial charge is 0.226 e. The average molecular weight is 266 g/mol. The van der Waals surface area contributed by atoms with Crippen LogP contribution in [0.2, 0.25) is 0 Å². The molecular weight excluding hydrogens is 248 g/mol. The Morgan fingerprint density at radius 3 is 2.61 bits per heavy atom. The van der Waals surface area contributed by atoms with Crippen LogP contribution in [0.1, 0.15) is 31.2 Å². The molecule has 0 aromatic carbocycles. The molecule has 0 unspecified atom stereocenters. The van der Waals surface area contributed by atoms with Crippen LogP contribution < -0.4 is 10.6 Å². The summed E-state index contributed by atoms with van der Waals surface area (Å²) in [5, 5.41) is 9.93. The van der Waals surface area contributed by atoms with Gasteiger partial charge in [0.2, 0.25) is 5.95 Å². The summed E-state index contributed by atoms with van der Waals surface area (Å²) in [6.45, 7) is 5.25.